The molecule has 2 heterocycles. The van der Waals surface area contributed by atoms with E-state index in [0.717, 1.165) is 24.9 Å². The molecule has 1 aromatic carbocycles. The molecule has 128 valence electrons. The number of aromatic nitrogens is 2. The summed E-state index contributed by atoms with van der Waals surface area (Å²) in [6, 6.07) is 5.50. The second-order valence-electron chi connectivity index (χ2n) is 6.05. The van der Waals surface area contributed by atoms with E-state index in [4.69, 9.17) is 4.74 Å². The van der Waals surface area contributed by atoms with Crippen molar-refractivity contribution >= 4 is 11.4 Å². The van der Waals surface area contributed by atoms with Crippen LogP contribution in [0.25, 0.3) is 0 Å². The van der Waals surface area contributed by atoms with Gasteiger partial charge in [0.15, 0.2) is 5.75 Å². The molecule has 1 saturated heterocycles. The first-order chi connectivity index (χ1) is 11.6. The van der Waals surface area contributed by atoms with Crippen LogP contribution in [0.1, 0.15) is 31.4 Å². The summed E-state index contributed by atoms with van der Waals surface area (Å²) in [6.07, 6.45) is 5.87. The molecule has 7 nitrogen and oxygen atoms in total. The van der Waals surface area contributed by atoms with Gasteiger partial charge in [-0.25, -0.2) is 0 Å². The molecule has 0 amide bonds. The summed E-state index contributed by atoms with van der Waals surface area (Å²) in [5, 5.41) is 16.0. The molecule has 0 spiro atoms. The van der Waals surface area contributed by atoms with Crippen LogP contribution >= 0.6 is 0 Å². The Balaban J connectivity index is 1.90. The topological polar surface area (TPSA) is 73.4 Å². The molecule has 0 radical (unpaired) electrons. The summed E-state index contributed by atoms with van der Waals surface area (Å²) in [6.45, 7) is 5.75. The maximum Gasteiger partial charge on any atom is 0.333 e. The number of rotatable bonds is 5. The van der Waals surface area contributed by atoms with E-state index in [1.807, 2.05) is 37.0 Å². The molecule has 0 aliphatic carbocycles. The van der Waals surface area contributed by atoms with Gasteiger partial charge < -0.3 is 9.64 Å². The molecule has 3 rings (SSSR count). The van der Waals surface area contributed by atoms with Crippen molar-refractivity contribution in [3.63, 3.8) is 0 Å². The Labute approximate surface area is 141 Å². The van der Waals surface area contributed by atoms with Crippen molar-refractivity contribution in [3.05, 3.63) is 46.3 Å². The molecule has 1 atom stereocenters. The van der Waals surface area contributed by atoms with E-state index in [1.165, 1.54) is 0 Å². The zero-order valence-corrected chi connectivity index (χ0v) is 14.0. The highest BCUT2D eigenvalue weighted by Crippen LogP contribution is 2.39. The van der Waals surface area contributed by atoms with Crippen molar-refractivity contribution < 1.29 is 9.66 Å². The van der Waals surface area contributed by atoms with Crippen LogP contribution in [0.3, 0.4) is 0 Å². The van der Waals surface area contributed by atoms with Crippen LogP contribution in [0, 0.1) is 17.0 Å². The number of nitro groups is 1. The minimum Gasteiger partial charge on any atom is -0.487 e. The number of hydrogen-bond donors (Lipinski definition) is 0. The summed E-state index contributed by atoms with van der Waals surface area (Å²) >= 11 is 0. The van der Waals surface area contributed by atoms with E-state index in [-0.39, 0.29) is 16.7 Å². The van der Waals surface area contributed by atoms with Crippen molar-refractivity contribution in [1.29, 1.82) is 0 Å². The van der Waals surface area contributed by atoms with Gasteiger partial charge in [-0.3, -0.25) is 14.8 Å². The highest BCUT2D eigenvalue weighted by Gasteiger charge is 2.29. The summed E-state index contributed by atoms with van der Waals surface area (Å²) in [5.41, 5.74) is 1.80. The fourth-order valence-corrected chi connectivity index (χ4v) is 3.24. The molecule has 2 aromatic rings. The summed E-state index contributed by atoms with van der Waals surface area (Å²) in [5.74, 6) is 0.331. The minimum atomic E-state index is -0.345. The molecule has 1 aliphatic rings. The van der Waals surface area contributed by atoms with E-state index < -0.39 is 0 Å². The standard InChI is InChI=1S/C17H22N4O3/c1-3-24-16-8-4-7-15(17(16)21(22)23)19-9-5-6-14(12-19)20-11-13(2)10-18-20/h4,7-8,10-11,14H,3,5-6,9,12H2,1-2H3. The molecular weight excluding hydrogens is 308 g/mol. The lowest BCUT2D eigenvalue weighted by molar-refractivity contribution is -0.385. The van der Waals surface area contributed by atoms with Crippen LogP contribution < -0.4 is 9.64 Å². The number of anilines is 1. The van der Waals surface area contributed by atoms with Crippen LogP contribution in [-0.4, -0.2) is 34.4 Å². The molecule has 24 heavy (non-hydrogen) atoms. The Bertz CT molecular complexity index is 728. The molecule has 1 unspecified atom stereocenters. The van der Waals surface area contributed by atoms with E-state index in [9.17, 15) is 10.1 Å². The molecule has 0 bridgehead atoms. The second-order valence-corrected chi connectivity index (χ2v) is 6.05. The van der Waals surface area contributed by atoms with Gasteiger partial charge in [0.25, 0.3) is 0 Å². The van der Waals surface area contributed by atoms with E-state index >= 15 is 0 Å². The number of ether oxygens (including phenoxy) is 1. The number of hydrogen-bond acceptors (Lipinski definition) is 5. The fraction of sp³-hybridized carbons (Fsp3) is 0.471. The Morgan fingerprint density at radius 3 is 2.96 bits per heavy atom. The van der Waals surface area contributed by atoms with E-state index in [1.54, 1.807) is 12.1 Å². The molecule has 1 fully saturated rings. The lowest BCUT2D eigenvalue weighted by Crippen LogP contribution is -2.37. The number of piperidine rings is 1. The lowest BCUT2D eigenvalue weighted by atomic mass is 10.0. The fourth-order valence-electron chi connectivity index (χ4n) is 3.24. The van der Waals surface area contributed by atoms with Gasteiger partial charge in [-0.15, -0.1) is 0 Å². The van der Waals surface area contributed by atoms with Crippen LogP contribution in [-0.2, 0) is 0 Å². The molecule has 0 saturated carbocycles. The SMILES string of the molecule is CCOc1cccc(N2CCCC(n3cc(C)cn3)C2)c1[N+](=O)[O-]. The van der Waals surface area contributed by atoms with Gasteiger partial charge in [-0.1, -0.05) is 6.07 Å². The van der Waals surface area contributed by atoms with Crippen molar-refractivity contribution in [2.24, 2.45) is 0 Å². The van der Waals surface area contributed by atoms with Crippen molar-refractivity contribution in [2.75, 3.05) is 24.6 Å². The first-order valence-electron chi connectivity index (χ1n) is 8.26. The van der Waals surface area contributed by atoms with Crippen LogP contribution in [0.15, 0.2) is 30.6 Å². The summed E-state index contributed by atoms with van der Waals surface area (Å²) in [7, 11) is 0. The van der Waals surface area contributed by atoms with Crippen LogP contribution in [0.2, 0.25) is 0 Å². The smallest absolute Gasteiger partial charge is 0.333 e. The zero-order chi connectivity index (χ0) is 17.1. The number of benzene rings is 1. The normalized spacial score (nSPS) is 17.8. The van der Waals surface area contributed by atoms with Gasteiger partial charge in [0.1, 0.15) is 5.69 Å². The highest BCUT2D eigenvalue weighted by molar-refractivity contribution is 5.70. The Kier molecular flexibility index (Phi) is 4.69. The van der Waals surface area contributed by atoms with Gasteiger partial charge in [0.05, 0.1) is 23.8 Å². The van der Waals surface area contributed by atoms with Crippen molar-refractivity contribution in [2.45, 2.75) is 32.7 Å². The average Bonchev–Trinajstić information content (AvgIpc) is 3.01. The Morgan fingerprint density at radius 2 is 2.29 bits per heavy atom. The predicted octanol–water partition coefficient (Wildman–Crippen LogP) is 3.34. The summed E-state index contributed by atoms with van der Waals surface area (Å²) in [4.78, 5) is 13.3. The van der Waals surface area contributed by atoms with Gasteiger partial charge in [0, 0.05) is 19.3 Å². The van der Waals surface area contributed by atoms with Gasteiger partial charge >= 0.3 is 5.69 Å². The largest absolute Gasteiger partial charge is 0.487 e. The number of aryl methyl sites for hydroxylation is 1. The number of nitrogens with zero attached hydrogens (tertiary/aromatic N) is 4. The third-order valence-corrected chi connectivity index (χ3v) is 4.30. The van der Waals surface area contributed by atoms with E-state index in [2.05, 4.69) is 10.00 Å². The van der Waals surface area contributed by atoms with Crippen molar-refractivity contribution in [3.8, 4) is 5.75 Å². The molecular formula is C17H22N4O3. The number of nitro benzene ring substituents is 1. The van der Waals surface area contributed by atoms with Gasteiger partial charge in [-0.2, -0.15) is 5.10 Å². The quantitative estimate of drug-likeness (QED) is 0.621. The predicted molar refractivity (Wildman–Crippen MR) is 91.7 cm³/mol. The monoisotopic (exact) mass is 330 g/mol. The first kappa shape index (κ1) is 16.3. The Morgan fingerprint density at radius 1 is 1.46 bits per heavy atom. The number of para-hydroxylation sites is 1. The molecule has 1 aromatic heterocycles. The third kappa shape index (κ3) is 3.20. The highest BCUT2D eigenvalue weighted by atomic mass is 16.6. The second kappa shape index (κ2) is 6.90. The van der Waals surface area contributed by atoms with Gasteiger partial charge in [0.2, 0.25) is 0 Å². The maximum atomic E-state index is 11.6. The molecule has 0 N–H and O–H groups in total. The molecule has 7 heteroatoms. The van der Waals surface area contributed by atoms with Crippen LogP contribution in [0.5, 0.6) is 5.75 Å². The third-order valence-electron chi connectivity index (χ3n) is 4.30. The zero-order valence-electron chi connectivity index (χ0n) is 14.0. The first-order valence-corrected chi connectivity index (χ1v) is 8.26. The average molecular weight is 330 g/mol. The van der Waals surface area contributed by atoms with E-state index in [0.29, 0.717) is 24.6 Å². The lowest BCUT2D eigenvalue weighted by Gasteiger charge is -2.34. The summed E-state index contributed by atoms with van der Waals surface area (Å²) < 4.78 is 7.43. The molecule has 1 aliphatic heterocycles. The minimum absolute atomic E-state index is 0.0524. The Hall–Kier alpha value is -2.57. The van der Waals surface area contributed by atoms with Crippen LogP contribution in [0.4, 0.5) is 11.4 Å². The van der Waals surface area contributed by atoms with Gasteiger partial charge in [-0.05, 0) is 44.4 Å². The van der Waals surface area contributed by atoms with Crippen molar-refractivity contribution in [1.82, 2.24) is 9.78 Å². The maximum absolute atomic E-state index is 11.6.